The Labute approximate surface area is 172 Å². The van der Waals surface area contributed by atoms with Gasteiger partial charge in [0.1, 0.15) is 0 Å². The van der Waals surface area contributed by atoms with Gasteiger partial charge in [-0.3, -0.25) is 4.79 Å². The van der Waals surface area contributed by atoms with E-state index in [1.54, 1.807) is 31.2 Å². The van der Waals surface area contributed by atoms with Crippen LogP contribution >= 0.6 is 15.9 Å². The van der Waals surface area contributed by atoms with Crippen LogP contribution in [-0.4, -0.2) is 29.3 Å². The van der Waals surface area contributed by atoms with E-state index in [4.69, 9.17) is 5.14 Å². The molecule has 152 valence electrons. The van der Waals surface area contributed by atoms with Gasteiger partial charge in [0.25, 0.3) is 0 Å². The predicted octanol–water partition coefficient (Wildman–Crippen LogP) is 1.64. The zero-order chi connectivity index (χ0) is 20.9. The number of primary sulfonamides is 1. The highest BCUT2D eigenvalue weighted by Crippen LogP contribution is 2.16. The quantitative estimate of drug-likeness (QED) is 0.517. The molecule has 0 aliphatic rings. The number of rotatable bonds is 8. The van der Waals surface area contributed by atoms with Crippen LogP contribution in [0, 0.1) is 0 Å². The van der Waals surface area contributed by atoms with E-state index in [9.17, 15) is 21.6 Å². The average Bonchev–Trinajstić information content (AvgIpc) is 2.61. The van der Waals surface area contributed by atoms with Crippen molar-refractivity contribution < 1.29 is 21.6 Å². The van der Waals surface area contributed by atoms with Crippen LogP contribution in [-0.2, 0) is 24.8 Å². The lowest BCUT2D eigenvalue weighted by Gasteiger charge is -2.15. The molecule has 0 spiro atoms. The van der Waals surface area contributed by atoms with Crippen LogP contribution < -0.4 is 15.2 Å². The van der Waals surface area contributed by atoms with Gasteiger partial charge in [-0.25, -0.2) is 26.7 Å². The predicted molar refractivity (Wildman–Crippen MR) is 108 cm³/mol. The zero-order valence-corrected chi connectivity index (χ0v) is 18.1. The van der Waals surface area contributed by atoms with Gasteiger partial charge in [0.05, 0.1) is 15.8 Å². The first-order valence-electron chi connectivity index (χ1n) is 8.16. The van der Waals surface area contributed by atoms with E-state index in [0.717, 1.165) is 4.47 Å². The van der Waals surface area contributed by atoms with E-state index >= 15 is 0 Å². The lowest BCUT2D eigenvalue weighted by molar-refractivity contribution is -0.121. The second kappa shape index (κ2) is 9.14. The molecule has 0 bridgehead atoms. The monoisotopic (exact) mass is 489 g/mol. The molecule has 1 amide bonds. The van der Waals surface area contributed by atoms with Gasteiger partial charge in [0, 0.05) is 17.4 Å². The highest BCUT2D eigenvalue weighted by atomic mass is 79.9. The van der Waals surface area contributed by atoms with Gasteiger partial charge in [-0.2, -0.15) is 0 Å². The number of hydrogen-bond acceptors (Lipinski definition) is 5. The standard InChI is InChI=1S/C17H20BrN3O5S2/c1-12(13-2-6-15(7-3-13)27(19,23)24)21-17(22)10-11-20-28(25,26)16-8-4-14(18)5-9-16/h2-9,12,20H,10-11H2,1H3,(H,21,22)(H2,19,23,24)/t12-/m0/s1. The topological polar surface area (TPSA) is 135 Å². The fraction of sp³-hybridized carbons (Fsp3) is 0.235. The average molecular weight is 490 g/mol. The highest BCUT2D eigenvalue weighted by molar-refractivity contribution is 9.10. The van der Waals surface area contributed by atoms with Crippen LogP contribution in [0.2, 0.25) is 0 Å². The van der Waals surface area contributed by atoms with E-state index in [2.05, 4.69) is 26.0 Å². The number of halogens is 1. The van der Waals surface area contributed by atoms with Gasteiger partial charge in [0.2, 0.25) is 26.0 Å². The van der Waals surface area contributed by atoms with Crippen LogP contribution in [0.15, 0.2) is 62.8 Å². The van der Waals surface area contributed by atoms with E-state index in [0.29, 0.717) is 5.56 Å². The fourth-order valence-electron chi connectivity index (χ4n) is 2.34. The Morgan fingerprint density at radius 3 is 2.07 bits per heavy atom. The Morgan fingerprint density at radius 2 is 1.54 bits per heavy atom. The maximum Gasteiger partial charge on any atom is 0.240 e. The largest absolute Gasteiger partial charge is 0.350 e. The highest BCUT2D eigenvalue weighted by Gasteiger charge is 2.15. The van der Waals surface area contributed by atoms with Crippen molar-refractivity contribution in [1.29, 1.82) is 0 Å². The van der Waals surface area contributed by atoms with Crippen LogP contribution in [0.1, 0.15) is 24.9 Å². The van der Waals surface area contributed by atoms with E-state index in [1.807, 2.05) is 0 Å². The molecule has 28 heavy (non-hydrogen) atoms. The van der Waals surface area contributed by atoms with Gasteiger partial charge in [0.15, 0.2) is 0 Å². The first-order chi connectivity index (χ1) is 13.0. The molecule has 0 aromatic heterocycles. The summed E-state index contributed by atoms with van der Waals surface area (Å²) in [6.45, 7) is 1.68. The molecule has 0 saturated heterocycles. The minimum absolute atomic E-state index is 0.0166. The number of hydrogen-bond donors (Lipinski definition) is 3. The van der Waals surface area contributed by atoms with Gasteiger partial charge in [-0.1, -0.05) is 28.1 Å². The first kappa shape index (κ1) is 22.5. The summed E-state index contributed by atoms with van der Waals surface area (Å²) in [6.07, 6.45) is -0.0463. The third-order valence-electron chi connectivity index (χ3n) is 3.85. The molecule has 2 aromatic carbocycles. The number of nitrogens with two attached hydrogens (primary N) is 1. The van der Waals surface area contributed by atoms with E-state index in [-0.39, 0.29) is 34.7 Å². The molecule has 0 saturated carbocycles. The van der Waals surface area contributed by atoms with Crippen molar-refractivity contribution in [3.05, 3.63) is 58.6 Å². The SMILES string of the molecule is C[C@H](NC(=O)CCNS(=O)(=O)c1ccc(Br)cc1)c1ccc(S(N)(=O)=O)cc1. The Hall–Kier alpha value is -1.79. The molecule has 1 atom stereocenters. The third-order valence-corrected chi connectivity index (χ3v) is 6.79. The summed E-state index contributed by atoms with van der Waals surface area (Å²) in [4.78, 5) is 12.1. The van der Waals surface area contributed by atoms with Gasteiger partial charge < -0.3 is 5.32 Å². The first-order valence-corrected chi connectivity index (χ1v) is 12.0. The minimum atomic E-state index is -3.77. The van der Waals surface area contributed by atoms with Crippen molar-refractivity contribution in [3.8, 4) is 0 Å². The van der Waals surface area contributed by atoms with Gasteiger partial charge in [-0.15, -0.1) is 0 Å². The van der Waals surface area contributed by atoms with Crippen molar-refractivity contribution in [1.82, 2.24) is 10.0 Å². The summed E-state index contributed by atoms with van der Waals surface area (Å²) in [6, 6.07) is 11.6. The number of amides is 1. The number of benzene rings is 2. The molecular weight excluding hydrogens is 470 g/mol. The van der Waals surface area contributed by atoms with Crippen molar-refractivity contribution >= 4 is 41.9 Å². The Kier molecular flexibility index (Phi) is 7.34. The summed E-state index contributed by atoms with van der Waals surface area (Å²) in [7, 11) is -7.47. The van der Waals surface area contributed by atoms with Crippen LogP contribution in [0.5, 0.6) is 0 Å². The lowest BCUT2D eigenvalue weighted by atomic mass is 10.1. The van der Waals surface area contributed by atoms with Crippen molar-refractivity contribution in [2.45, 2.75) is 29.2 Å². The van der Waals surface area contributed by atoms with Crippen LogP contribution in [0.25, 0.3) is 0 Å². The van der Waals surface area contributed by atoms with E-state index in [1.165, 1.54) is 24.3 Å². The molecule has 2 rings (SSSR count). The molecule has 0 fully saturated rings. The normalized spacial score (nSPS) is 13.1. The Morgan fingerprint density at radius 1 is 1.00 bits per heavy atom. The van der Waals surface area contributed by atoms with Crippen LogP contribution in [0.4, 0.5) is 0 Å². The zero-order valence-electron chi connectivity index (χ0n) is 14.9. The van der Waals surface area contributed by atoms with Gasteiger partial charge >= 0.3 is 0 Å². The summed E-state index contributed by atoms with van der Waals surface area (Å²) in [5.74, 6) is -0.346. The number of carbonyl (C=O) groups is 1. The molecule has 11 heteroatoms. The second-order valence-electron chi connectivity index (χ2n) is 6.00. The summed E-state index contributed by atoms with van der Waals surface area (Å²) in [5, 5.41) is 7.77. The molecule has 2 aromatic rings. The molecular formula is C17H20BrN3O5S2. The Bertz CT molecular complexity index is 1040. The maximum absolute atomic E-state index is 12.2. The number of sulfonamides is 2. The van der Waals surface area contributed by atoms with E-state index < -0.39 is 20.0 Å². The maximum atomic E-state index is 12.2. The smallest absolute Gasteiger partial charge is 0.240 e. The lowest BCUT2D eigenvalue weighted by Crippen LogP contribution is -2.32. The molecule has 0 heterocycles. The number of nitrogens with one attached hydrogen (secondary N) is 2. The minimum Gasteiger partial charge on any atom is -0.350 e. The van der Waals surface area contributed by atoms with Crippen LogP contribution in [0.3, 0.4) is 0 Å². The molecule has 0 aliphatic carbocycles. The van der Waals surface area contributed by atoms with Crippen molar-refractivity contribution in [2.75, 3.05) is 6.54 Å². The third kappa shape index (κ3) is 6.38. The molecule has 8 nitrogen and oxygen atoms in total. The summed E-state index contributed by atoms with van der Waals surface area (Å²) < 4.78 is 50.0. The van der Waals surface area contributed by atoms with Gasteiger partial charge in [-0.05, 0) is 48.9 Å². The Balaban J connectivity index is 1.87. The molecule has 0 radical (unpaired) electrons. The fourth-order valence-corrected chi connectivity index (χ4v) is 4.15. The molecule has 4 N–H and O–H groups in total. The summed E-state index contributed by atoms with van der Waals surface area (Å²) in [5.41, 5.74) is 0.691. The molecule has 0 aliphatic heterocycles. The molecule has 0 unspecified atom stereocenters. The number of carbonyl (C=O) groups excluding carboxylic acids is 1. The van der Waals surface area contributed by atoms with Crippen molar-refractivity contribution in [2.24, 2.45) is 5.14 Å². The second-order valence-corrected chi connectivity index (χ2v) is 10.2. The van der Waals surface area contributed by atoms with Crippen molar-refractivity contribution in [3.63, 3.8) is 0 Å². The summed E-state index contributed by atoms with van der Waals surface area (Å²) >= 11 is 3.24.